The Hall–Kier alpha value is -0.120. The zero-order valence-electron chi connectivity index (χ0n) is 16.0. The van der Waals surface area contributed by atoms with Gasteiger partial charge in [0.05, 0.1) is 0 Å². The maximum Gasteiger partial charge on any atom is 0.00708 e. The Balaban J connectivity index is 1.60. The van der Waals surface area contributed by atoms with E-state index in [0.717, 1.165) is 24.2 Å². The van der Waals surface area contributed by atoms with E-state index in [1.165, 1.54) is 64.2 Å². The van der Waals surface area contributed by atoms with Crippen molar-refractivity contribution in [2.24, 2.45) is 0 Å². The highest BCUT2D eigenvalue weighted by atomic mass is 15.0. The fraction of sp³-hybridized carbons (Fsp3) is 1.00. The Morgan fingerprint density at radius 2 is 0.913 bits per heavy atom. The van der Waals surface area contributed by atoms with E-state index in [2.05, 4.69) is 43.6 Å². The average molecular weight is 324 g/mol. The van der Waals surface area contributed by atoms with Gasteiger partial charge in [-0.3, -0.25) is 0 Å². The summed E-state index contributed by atoms with van der Waals surface area (Å²) < 4.78 is 0. The maximum atomic E-state index is 3.98. The highest BCUT2D eigenvalue weighted by Crippen LogP contribution is 2.24. The lowest BCUT2D eigenvalue weighted by Gasteiger charge is -2.37. The normalized spacial score (nSPS) is 35.0. The van der Waals surface area contributed by atoms with Gasteiger partial charge in [0, 0.05) is 36.3 Å². The van der Waals surface area contributed by atoms with E-state index in [-0.39, 0.29) is 0 Å². The largest absolute Gasteiger partial charge is 0.312 e. The van der Waals surface area contributed by atoms with Crippen LogP contribution >= 0.6 is 0 Å². The van der Waals surface area contributed by atoms with Gasteiger partial charge in [-0.05, 0) is 78.1 Å². The molecule has 2 atom stereocenters. The number of nitrogens with one attached hydrogen (secondary N) is 3. The second kappa shape index (κ2) is 10.0. The van der Waals surface area contributed by atoms with Gasteiger partial charge in [-0.15, -0.1) is 0 Å². The summed E-state index contributed by atoms with van der Waals surface area (Å²) in [6, 6.07) is 4.43. The smallest absolute Gasteiger partial charge is 0.00708 e. The SMILES string of the molecule is CCC(C)NC1CCC(NC2CCC(NC(C)CC)CC2)CC1. The fourth-order valence-corrected chi connectivity index (χ4v) is 4.23. The minimum absolute atomic E-state index is 0.679. The quantitative estimate of drug-likeness (QED) is 0.632. The van der Waals surface area contributed by atoms with E-state index in [0.29, 0.717) is 12.1 Å². The van der Waals surface area contributed by atoms with Crippen LogP contribution in [0.5, 0.6) is 0 Å². The molecule has 0 aromatic carbocycles. The van der Waals surface area contributed by atoms with Gasteiger partial charge in [-0.25, -0.2) is 0 Å². The first-order valence-corrected chi connectivity index (χ1v) is 10.4. The Labute approximate surface area is 144 Å². The number of hydrogen-bond donors (Lipinski definition) is 3. The molecule has 2 aliphatic carbocycles. The van der Waals surface area contributed by atoms with Crippen molar-refractivity contribution >= 4 is 0 Å². The van der Waals surface area contributed by atoms with Crippen molar-refractivity contribution in [3.8, 4) is 0 Å². The molecule has 0 aromatic rings. The molecule has 2 unspecified atom stereocenters. The van der Waals surface area contributed by atoms with Crippen LogP contribution in [-0.4, -0.2) is 36.3 Å². The van der Waals surface area contributed by atoms with E-state index < -0.39 is 0 Å². The van der Waals surface area contributed by atoms with Gasteiger partial charge in [-0.1, -0.05) is 13.8 Å². The van der Waals surface area contributed by atoms with Crippen LogP contribution < -0.4 is 16.0 Å². The van der Waals surface area contributed by atoms with Gasteiger partial charge in [0.2, 0.25) is 0 Å². The molecule has 0 radical (unpaired) electrons. The van der Waals surface area contributed by atoms with E-state index in [1.807, 2.05) is 0 Å². The first kappa shape index (κ1) is 19.2. The molecule has 0 aromatic heterocycles. The zero-order valence-corrected chi connectivity index (χ0v) is 16.0. The van der Waals surface area contributed by atoms with E-state index in [1.54, 1.807) is 0 Å². The number of hydrogen-bond acceptors (Lipinski definition) is 3. The van der Waals surface area contributed by atoms with Crippen molar-refractivity contribution in [3.63, 3.8) is 0 Å². The van der Waals surface area contributed by atoms with Crippen molar-refractivity contribution in [2.45, 2.75) is 128 Å². The molecule has 0 aliphatic heterocycles. The average Bonchev–Trinajstić information content (AvgIpc) is 2.58. The summed E-state index contributed by atoms with van der Waals surface area (Å²) in [5.74, 6) is 0. The van der Waals surface area contributed by atoms with Crippen LogP contribution in [0, 0.1) is 0 Å². The van der Waals surface area contributed by atoms with Crippen LogP contribution in [-0.2, 0) is 0 Å². The second-order valence-electron chi connectivity index (χ2n) is 8.22. The van der Waals surface area contributed by atoms with Gasteiger partial charge in [0.25, 0.3) is 0 Å². The first-order chi connectivity index (χ1) is 11.1. The molecule has 0 spiro atoms. The lowest BCUT2D eigenvalue weighted by atomic mass is 9.87. The zero-order chi connectivity index (χ0) is 16.7. The van der Waals surface area contributed by atoms with Crippen LogP contribution in [0.15, 0.2) is 0 Å². The molecule has 2 aliphatic rings. The third kappa shape index (κ3) is 6.72. The molecule has 0 saturated heterocycles. The maximum absolute atomic E-state index is 3.98. The van der Waals surface area contributed by atoms with Crippen molar-refractivity contribution < 1.29 is 0 Å². The van der Waals surface area contributed by atoms with Crippen molar-refractivity contribution in [1.82, 2.24) is 16.0 Å². The Morgan fingerprint density at radius 1 is 0.609 bits per heavy atom. The Bertz CT molecular complexity index is 274. The minimum atomic E-state index is 0.679. The predicted molar refractivity (Wildman–Crippen MR) is 101 cm³/mol. The van der Waals surface area contributed by atoms with Gasteiger partial charge in [0.1, 0.15) is 0 Å². The Morgan fingerprint density at radius 3 is 1.22 bits per heavy atom. The molecule has 2 saturated carbocycles. The van der Waals surface area contributed by atoms with Crippen LogP contribution in [0.3, 0.4) is 0 Å². The third-order valence-electron chi connectivity index (χ3n) is 6.19. The van der Waals surface area contributed by atoms with Crippen LogP contribution in [0.25, 0.3) is 0 Å². The van der Waals surface area contributed by atoms with Gasteiger partial charge >= 0.3 is 0 Å². The molecule has 0 bridgehead atoms. The molecule has 0 amide bonds. The van der Waals surface area contributed by atoms with Gasteiger partial charge in [0.15, 0.2) is 0 Å². The van der Waals surface area contributed by atoms with Crippen LogP contribution in [0.1, 0.15) is 91.9 Å². The standard InChI is InChI=1S/C20H41N3/c1-5-15(3)21-17-7-11-19(12-8-17)23-20-13-9-18(10-14-20)22-16(4)6-2/h15-23H,5-14H2,1-4H3. The van der Waals surface area contributed by atoms with E-state index in [9.17, 15) is 0 Å². The molecule has 23 heavy (non-hydrogen) atoms. The van der Waals surface area contributed by atoms with E-state index >= 15 is 0 Å². The van der Waals surface area contributed by atoms with Gasteiger partial charge < -0.3 is 16.0 Å². The Kier molecular flexibility index (Phi) is 8.35. The van der Waals surface area contributed by atoms with Crippen LogP contribution in [0.2, 0.25) is 0 Å². The summed E-state index contributed by atoms with van der Waals surface area (Å²) in [6.45, 7) is 9.18. The summed E-state index contributed by atoms with van der Waals surface area (Å²) in [6.07, 6.45) is 13.3. The van der Waals surface area contributed by atoms with Crippen molar-refractivity contribution in [1.29, 1.82) is 0 Å². The molecule has 2 fully saturated rings. The molecule has 0 heterocycles. The lowest BCUT2D eigenvalue weighted by molar-refractivity contribution is 0.235. The van der Waals surface area contributed by atoms with Crippen LogP contribution in [0.4, 0.5) is 0 Å². The lowest BCUT2D eigenvalue weighted by Crippen LogP contribution is -2.48. The van der Waals surface area contributed by atoms with Gasteiger partial charge in [-0.2, -0.15) is 0 Å². The van der Waals surface area contributed by atoms with Crippen molar-refractivity contribution in [3.05, 3.63) is 0 Å². The first-order valence-electron chi connectivity index (χ1n) is 10.4. The summed E-state index contributed by atoms with van der Waals surface area (Å²) in [7, 11) is 0. The molecule has 3 nitrogen and oxygen atoms in total. The highest BCUT2D eigenvalue weighted by molar-refractivity contribution is 4.87. The molecular formula is C20H41N3. The van der Waals surface area contributed by atoms with Crippen molar-refractivity contribution in [2.75, 3.05) is 0 Å². The molecule has 136 valence electrons. The third-order valence-corrected chi connectivity index (χ3v) is 6.19. The highest BCUT2D eigenvalue weighted by Gasteiger charge is 2.26. The topological polar surface area (TPSA) is 36.1 Å². The summed E-state index contributed by atoms with van der Waals surface area (Å²) in [4.78, 5) is 0. The fourth-order valence-electron chi connectivity index (χ4n) is 4.23. The number of rotatable bonds is 8. The molecule has 3 heteroatoms. The molecular weight excluding hydrogens is 282 g/mol. The minimum Gasteiger partial charge on any atom is -0.312 e. The summed E-state index contributed by atoms with van der Waals surface area (Å²) >= 11 is 0. The summed E-state index contributed by atoms with van der Waals surface area (Å²) in [5.41, 5.74) is 0. The summed E-state index contributed by atoms with van der Waals surface area (Å²) in [5, 5.41) is 11.6. The molecule has 2 rings (SSSR count). The molecule has 3 N–H and O–H groups in total. The predicted octanol–water partition coefficient (Wildman–Crippen LogP) is 3.97. The monoisotopic (exact) mass is 323 g/mol. The van der Waals surface area contributed by atoms with E-state index in [4.69, 9.17) is 0 Å². The second-order valence-corrected chi connectivity index (χ2v) is 8.22.